The van der Waals surface area contributed by atoms with Crippen LogP contribution in [0.25, 0.3) is 0 Å². The van der Waals surface area contributed by atoms with Crippen LogP contribution >= 0.6 is 0 Å². The summed E-state index contributed by atoms with van der Waals surface area (Å²) in [5.74, 6) is -0.719. The molecule has 0 aliphatic heterocycles. The number of nitro groups is 1. The number of hydrogen-bond donors (Lipinski definition) is 2. The minimum absolute atomic E-state index is 0.0474. The zero-order valence-electron chi connectivity index (χ0n) is 9.87. The van der Waals surface area contributed by atoms with Gasteiger partial charge in [-0.3, -0.25) is 14.9 Å². The number of nitrogens with zero attached hydrogens (tertiary/aromatic N) is 3. The molecule has 0 spiro atoms. The van der Waals surface area contributed by atoms with Crippen LogP contribution in [-0.2, 0) is 4.79 Å². The number of anilines is 1. The Hall–Kier alpha value is -2.25. The van der Waals surface area contributed by atoms with Gasteiger partial charge in [-0.25, -0.2) is 9.97 Å². The molecule has 1 rings (SSSR count). The highest BCUT2D eigenvalue weighted by molar-refractivity contribution is 5.68. The average Bonchev–Trinajstić information content (AvgIpc) is 2.29. The van der Waals surface area contributed by atoms with Gasteiger partial charge in [-0.05, 0) is 6.42 Å². The Bertz CT molecular complexity index is 420. The van der Waals surface area contributed by atoms with Gasteiger partial charge in [0, 0.05) is 6.04 Å². The van der Waals surface area contributed by atoms with E-state index in [1.807, 2.05) is 6.92 Å². The van der Waals surface area contributed by atoms with Crippen molar-refractivity contribution in [1.82, 2.24) is 9.97 Å². The first-order valence-corrected chi connectivity index (χ1v) is 5.47. The summed E-state index contributed by atoms with van der Waals surface area (Å²) in [6.45, 7) is 1.94. The molecule has 0 bridgehead atoms. The third kappa shape index (κ3) is 4.32. The summed E-state index contributed by atoms with van der Waals surface area (Å²) in [7, 11) is 0. The highest BCUT2D eigenvalue weighted by Gasteiger charge is 2.14. The predicted molar refractivity (Wildman–Crippen MR) is 63.3 cm³/mol. The molecule has 18 heavy (non-hydrogen) atoms. The Balaban J connectivity index is 2.68. The van der Waals surface area contributed by atoms with Crippen LogP contribution in [0.2, 0.25) is 0 Å². The van der Waals surface area contributed by atoms with Crippen LogP contribution in [0.5, 0.6) is 0 Å². The molecule has 0 saturated heterocycles. The first-order valence-electron chi connectivity index (χ1n) is 5.47. The van der Waals surface area contributed by atoms with Crippen molar-refractivity contribution in [3.05, 3.63) is 22.5 Å². The van der Waals surface area contributed by atoms with Crippen molar-refractivity contribution in [3.63, 3.8) is 0 Å². The lowest BCUT2D eigenvalue weighted by molar-refractivity contribution is -0.385. The number of aliphatic carboxylic acids is 1. The van der Waals surface area contributed by atoms with Crippen LogP contribution in [0.1, 0.15) is 26.2 Å². The molecule has 98 valence electrons. The highest BCUT2D eigenvalue weighted by atomic mass is 16.6. The van der Waals surface area contributed by atoms with Crippen molar-refractivity contribution in [1.29, 1.82) is 0 Å². The van der Waals surface area contributed by atoms with E-state index < -0.39 is 10.9 Å². The van der Waals surface area contributed by atoms with Gasteiger partial charge in [-0.15, -0.1) is 0 Å². The van der Waals surface area contributed by atoms with Crippen molar-refractivity contribution < 1.29 is 14.8 Å². The minimum atomic E-state index is -0.914. The van der Waals surface area contributed by atoms with Crippen LogP contribution in [0, 0.1) is 10.1 Å². The van der Waals surface area contributed by atoms with Gasteiger partial charge in [0.25, 0.3) is 0 Å². The first-order chi connectivity index (χ1) is 8.52. The van der Waals surface area contributed by atoms with Gasteiger partial charge < -0.3 is 10.4 Å². The summed E-state index contributed by atoms with van der Waals surface area (Å²) in [4.78, 5) is 28.0. The van der Waals surface area contributed by atoms with Gasteiger partial charge in [0.05, 0.1) is 11.3 Å². The second-order valence-electron chi connectivity index (χ2n) is 3.75. The molecular weight excluding hydrogens is 240 g/mol. The molecule has 1 unspecified atom stereocenters. The molecular formula is C10H14N4O4. The zero-order valence-corrected chi connectivity index (χ0v) is 9.87. The lowest BCUT2D eigenvalue weighted by atomic mass is 10.1. The van der Waals surface area contributed by atoms with E-state index in [1.54, 1.807) is 0 Å². The summed E-state index contributed by atoms with van der Waals surface area (Å²) in [5.41, 5.74) is -0.203. The Morgan fingerprint density at radius 1 is 1.56 bits per heavy atom. The Morgan fingerprint density at radius 3 is 2.61 bits per heavy atom. The van der Waals surface area contributed by atoms with Crippen LogP contribution in [0.4, 0.5) is 11.6 Å². The predicted octanol–water partition coefficient (Wildman–Crippen LogP) is 1.44. The maximum atomic E-state index is 10.6. The number of rotatable bonds is 7. The summed E-state index contributed by atoms with van der Waals surface area (Å²) < 4.78 is 0. The second-order valence-corrected chi connectivity index (χ2v) is 3.75. The molecule has 1 aromatic rings. The first kappa shape index (κ1) is 13.8. The molecule has 0 radical (unpaired) electrons. The molecule has 1 aromatic heterocycles. The molecule has 0 aromatic carbocycles. The molecule has 0 amide bonds. The standard InChI is InChI=1S/C10H14N4O4/c1-2-3-7(4-9(15)16)13-10-11-5-8(6-12-10)14(17)18/h5-7H,2-4H2,1H3,(H,15,16)(H,11,12,13). The van der Waals surface area contributed by atoms with E-state index in [0.29, 0.717) is 6.42 Å². The van der Waals surface area contributed by atoms with Gasteiger partial charge in [-0.2, -0.15) is 0 Å². The Morgan fingerprint density at radius 2 is 2.17 bits per heavy atom. The molecule has 0 aliphatic carbocycles. The van der Waals surface area contributed by atoms with Crippen LogP contribution in [0.15, 0.2) is 12.4 Å². The third-order valence-corrected chi connectivity index (χ3v) is 2.24. The van der Waals surface area contributed by atoms with Crippen LogP contribution in [0.3, 0.4) is 0 Å². The van der Waals surface area contributed by atoms with Gasteiger partial charge in [0.2, 0.25) is 5.95 Å². The summed E-state index contributed by atoms with van der Waals surface area (Å²) in [6.07, 6.45) is 3.59. The Kier molecular flexibility index (Phi) is 4.97. The smallest absolute Gasteiger partial charge is 0.305 e. The molecule has 0 fully saturated rings. The van der Waals surface area contributed by atoms with E-state index in [0.717, 1.165) is 18.8 Å². The topological polar surface area (TPSA) is 118 Å². The number of carbonyl (C=O) groups is 1. The second kappa shape index (κ2) is 6.48. The van der Waals surface area contributed by atoms with Crippen molar-refractivity contribution in [2.75, 3.05) is 5.32 Å². The SMILES string of the molecule is CCCC(CC(=O)O)Nc1ncc([N+](=O)[O-])cn1. The number of hydrogen-bond acceptors (Lipinski definition) is 6. The number of aromatic nitrogens is 2. The quantitative estimate of drug-likeness (QED) is 0.558. The molecule has 8 nitrogen and oxygen atoms in total. The summed E-state index contributed by atoms with van der Waals surface area (Å²) in [6, 6.07) is -0.283. The maximum Gasteiger partial charge on any atom is 0.305 e. The highest BCUT2D eigenvalue weighted by Crippen LogP contribution is 2.12. The fraction of sp³-hybridized carbons (Fsp3) is 0.500. The molecule has 2 N–H and O–H groups in total. The third-order valence-electron chi connectivity index (χ3n) is 2.24. The van der Waals surface area contributed by atoms with Crippen molar-refractivity contribution >= 4 is 17.6 Å². The van der Waals surface area contributed by atoms with Crippen molar-refractivity contribution in [2.24, 2.45) is 0 Å². The van der Waals surface area contributed by atoms with Crippen LogP contribution in [-0.4, -0.2) is 32.0 Å². The molecule has 0 saturated carbocycles. The van der Waals surface area contributed by atoms with E-state index >= 15 is 0 Å². The monoisotopic (exact) mass is 254 g/mol. The van der Waals surface area contributed by atoms with Crippen molar-refractivity contribution in [2.45, 2.75) is 32.2 Å². The normalized spacial score (nSPS) is 11.8. The number of nitrogens with one attached hydrogen (secondary N) is 1. The van der Waals surface area contributed by atoms with Gasteiger partial charge in [-0.1, -0.05) is 13.3 Å². The molecule has 0 aliphatic rings. The fourth-order valence-electron chi connectivity index (χ4n) is 1.46. The van der Waals surface area contributed by atoms with E-state index in [4.69, 9.17) is 5.11 Å². The summed E-state index contributed by atoms with van der Waals surface area (Å²) in [5, 5.41) is 22.0. The van der Waals surface area contributed by atoms with E-state index in [-0.39, 0.29) is 24.1 Å². The zero-order chi connectivity index (χ0) is 13.5. The lowest BCUT2D eigenvalue weighted by Crippen LogP contribution is -2.24. The van der Waals surface area contributed by atoms with Gasteiger partial charge in [0.15, 0.2) is 0 Å². The molecule has 8 heteroatoms. The number of carboxylic acids is 1. The maximum absolute atomic E-state index is 10.6. The average molecular weight is 254 g/mol. The van der Waals surface area contributed by atoms with E-state index in [9.17, 15) is 14.9 Å². The molecule has 1 heterocycles. The van der Waals surface area contributed by atoms with E-state index in [1.165, 1.54) is 0 Å². The Labute approximate surface area is 103 Å². The van der Waals surface area contributed by atoms with Crippen molar-refractivity contribution in [3.8, 4) is 0 Å². The van der Waals surface area contributed by atoms with E-state index in [2.05, 4.69) is 15.3 Å². The fourth-order valence-corrected chi connectivity index (χ4v) is 1.46. The van der Waals surface area contributed by atoms with Crippen LogP contribution < -0.4 is 5.32 Å². The largest absolute Gasteiger partial charge is 0.481 e. The summed E-state index contributed by atoms with van der Waals surface area (Å²) >= 11 is 0. The lowest BCUT2D eigenvalue weighted by Gasteiger charge is -2.15. The van der Waals surface area contributed by atoms with Gasteiger partial charge >= 0.3 is 11.7 Å². The minimum Gasteiger partial charge on any atom is -0.481 e. The molecule has 1 atom stereocenters. The number of carboxylic acid groups (broad SMARTS) is 1. The van der Waals surface area contributed by atoms with Gasteiger partial charge in [0.1, 0.15) is 12.4 Å².